The number of hydrogen-bond donors (Lipinski definition) is 3. The van der Waals surface area contributed by atoms with Crippen LogP contribution in [0.4, 0.5) is 0 Å². The molecule has 0 bridgehead atoms. The van der Waals surface area contributed by atoms with Crippen molar-refractivity contribution in [3.8, 4) is 0 Å². The number of carbonyl (C=O) groups is 2. The molecule has 194 valence electrons. The standard InChI is InChI=1S/C30H44O5/c1-17(2)10-14-30(15-11-18(3)4)27(33)23(26(32)24(28(30)34)25(31)20(7)8)22-16-21(19(5)6)12-13-29(22,9)35/h10-11,16,19-20,22,32-33,35H,12-15H2,1-9H3/t22-,29-/m0/s1. The summed E-state index contributed by atoms with van der Waals surface area (Å²) in [6, 6.07) is 0. The van der Waals surface area contributed by atoms with E-state index in [1.54, 1.807) is 20.8 Å². The highest BCUT2D eigenvalue weighted by atomic mass is 16.3. The quantitative estimate of drug-likeness (QED) is 0.258. The molecule has 0 saturated heterocycles. The molecule has 0 aliphatic heterocycles. The highest BCUT2D eigenvalue weighted by molar-refractivity contribution is 6.24. The summed E-state index contributed by atoms with van der Waals surface area (Å²) in [5.74, 6) is -2.81. The summed E-state index contributed by atoms with van der Waals surface area (Å²) in [5.41, 5.74) is 0.203. The summed E-state index contributed by atoms with van der Waals surface area (Å²) in [7, 11) is 0. The Kier molecular flexibility index (Phi) is 8.81. The molecule has 0 radical (unpaired) electrons. The van der Waals surface area contributed by atoms with E-state index in [9.17, 15) is 24.9 Å². The van der Waals surface area contributed by atoms with Crippen LogP contribution in [0, 0.1) is 23.2 Å². The van der Waals surface area contributed by atoms with Gasteiger partial charge >= 0.3 is 0 Å². The van der Waals surface area contributed by atoms with Crippen molar-refractivity contribution in [3.05, 3.63) is 57.6 Å². The van der Waals surface area contributed by atoms with Crippen molar-refractivity contribution < 1.29 is 24.9 Å². The number of aliphatic hydroxyl groups excluding tert-OH is 2. The van der Waals surface area contributed by atoms with Crippen LogP contribution in [0.25, 0.3) is 0 Å². The van der Waals surface area contributed by atoms with Crippen molar-refractivity contribution in [1.82, 2.24) is 0 Å². The molecule has 5 nitrogen and oxygen atoms in total. The highest BCUT2D eigenvalue weighted by Gasteiger charge is 2.53. The van der Waals surface area contributed by atoms with Crippen molar-refractivity contribution in [2.24, 2.45) is 23.2 Å². The largest absolute Gasteiger partial charge is 0.511 e. The van der Waals surface area contributed by atoms with Crippen LogP contribution >= 0.6 is 0 Å². The van der Waals surface area contributed by atoms with Crippen molar-refractivity contribution in [2.45, 2.75) is 93.6 Å². The third-order valence-electron chi connectivity index (χ3n) is 7.37. The maximum atomic E-state index is 14.0. The Hall–Kier alpha value is -2.40. The Balaban J connectivity index is 2.99. The van der Waals surface area contributed by atoms with E-state index >= 15 is 0 Å². The molecule has 2 aliphatic carbocycles. The number of Topliss-reactive ketones (excluding diaryl/α,β-unsaturated/α-hetero) is 2. The van der Waals surface area contributed by atoms with E-state index in [1.807, 2.05) is 45.9 Å². The molecule has 0 aromatic heterocycles. The lowest BCUT2D eigenvalue weighted by Crippen LogP contribution is -2.46. The van der Waals surface area contributed by atoms with Crippen molar-refractivity contribution in [3.63, 3.8) is 0 Å². The molecule has 0 spiro atoms. The second kappa shape index (κ2) is 10.7. The highest BCUT2D eigenvalue weighted by Crippen LogP contribution is 2.51. The van der Waals surface area contributed by atoms with Gasteiger partial charge in [0, 0.05) is 17.4 Å². The Bertz CT molecular complexity index is 999. The van der Waals surface area contributed by atoms with Gasteiger partial charge in [0.1, 0.15) is 17.1 Å². The fourth-order valence-corrected chi connectivity index (χ4v) is 4.89. The molecule has 2 atom stereocenters. The van der Waals surface area contributed by atoms with Crippen LogP contribution in [-0.2, 0) is 9.59 Å². The van der Waals surface area contributed by atoms with Gasteiger partial charge in [0.2, 0.25) is 0 Å². The van der Waals surface area contributed by atoms with Crippen molar-refractivity contribution in [1.29, 1.82) is 0 Å². The van der Waals surface area contributed by atoms with Gasteiger partial charge in [-0.1, -0.05) is 62.6 Å². The van der Waals surface area contributed by atoms with E-state index < -0.39 is 40.2 Å². The van der Waals surface area contributed by atoms with Gasteiger partial charge in [-0.05, 0) is 66.2 Å². The summed E-state index contributed by atoms with van der Waals surface area (Å²) in [6.07, 6.45) is 7.21. The maximum absolute atomic E-state index is 14.0. The lowest BCUT2D eigenvalue weighted by Gasteiger charge is -2.43. The first-order valence-corrected chi connectivity index (χ1v) is 12.7. The molecule has 2 aliphatic rings. The molecule has 3 N–H and O–H groups in total. The van der Waals surface area contributed by atoms with Gasteiger partial charge in [-0.25, -0.2) is 0 Å². The van der Waals surface area contributed by atoms with Crippen LogP contribution in [0.15, 0.2) is 57.6 Å². The second-order valence-electron chi connectivity index (χ2n) is 11.6. The minimum atomic E-state index is -1.44. The summed E-state index contributed by atoms with van der Waals surface area (Å²) in [4.78, 5) is 27.3. The molecule has 0 fully saturated rings. The third-order valence-corrected chi connectivity index (χ3v) is 7.37. The zero-order valence-electron chi connectivity index (χ0n) is 23.0. The monoisotopic (exact) mass is 484 g/mol. The zero-order valence-corrected chi connectivity index (χ0v) is 23.0. The van der Waals surface area contributed by atoms with Gasteiger partial charge in [0.05, 0.1) is 11.0 Å². The molecule has 0 saturated carbocycles. The average molecular weight is 485 g/mol. The smallest absolute Gasteiger partial charge is 0.184 e. The minimum Gasteiger partial charge on any atom is -0.511 e. The van der Waals surface area contributed by atoms with Gasteiger partial charge in [-0.2, -0.15) is 0 Å². The second-order valence-corrected chi connectivity index (χ2v) is 11.6. The lowest BCUT2D eigenvalue weighted by molar-refractivity contribution is -0.129. The average Bonchev–Trinajstić information content (AvgIpc) is 2.73. The van der Waals surface area contributed by atoms with Gasteiger partial charge < -0.3 is 15.3 Å². The van der Waals surface area contributed by atoms with Crippen LogP contribution in [0.2, 0.25) is 0 Å². The fourth-order valence-electron chi connectivity index (χ4n) is 4.89. The van der Waals surface area contributed by atoms with Gasteiger partial charge in [0.15, 0.2) is 11.6 Å². The van der Waals surface area contributed by atoms with Gasteiger partial charge in [-0.15, -0.1) is 0 Å². The first-order valence-electron chi connectivity index (χ1n) is 12.7. The van der Waals surface area contributed by atoms with Gasteiger partial charge in [0.25, 0.3) is 0 Å². The van der Waals surface area contributed by atoms with E-state index in [0.29, 0.717) is 12.8 Å². The molecule has 0 heterocycles. The molecule has 35 heavy (non-hydrogen) atoms. The summed E-state index contributed by atoms with van der Waals surface area (Å²) in [6.45, 7) is 16.9. The SMILES string of the molecule is CC(C)=CCC1(CC=C(C)C)C(=O)C(C(=O)C(C)C)=C(O)C([C@@H]2C=C(C(C)C)CC[C@]2(C)O)=C1O. The summed E-state index contributed by atoms with van der Waals surface area (Å²) in [5, 5.41) is 34.7. The number of ketones is 2. The molecule has 2 rings (SSSR count). The zero-order chi connectivity index (χ0) is 26.9. The molecule has 0 unspecified atom stereocenters. The first-order chi connectivity index (χ1) is 16.1. The topological polar surface area (TPSA) is 94.8 Å². The number of rotatable bonds is 8. The Morgan fingerprint density at radius 1 is 1.06 bits per heavy atom. The van der Waals surface area contributed by atoms with E-state index in [4.69, 9.17) is 0 Å². The van der Waals surface area contributed by atoms with Crippen molar-refractivity contribution in [2.75, 3.05) is 0 Å². The van der Waals surface area contributed by atoms with E-state index in [1.165, 1.54) is 0 Å². The van der Waals surface area contributed by atoms with Crippen molar-refractivity contribution >= 4 is 11.6 Å². The molecular weight excluding hydrogens is 440 g/mol. The number of carbonyl (C=O) groups excluding carboxylic acids is 2. The van der Waals surface area contributed by atoms with Crippen LogP contribution in [0.1, 0.15) is 88.0 Å². The lowest BCUT2D eigenvalue weighted by atomic mass is 9.62. The molecule has 0 amide bonds. The molecule has 5 heteroatoms. The van der Waals surface area contributed by atoms with Crippen LogP contribution in [0.5, 0.6) is 0 Å². The first kappa shape index (κ1) is 28.8. The van der Waals surface area contributed by atoms with Gasteiger partial charge in [-0.3, -0.25) is 9.59 Å². The maximum Gasteiger partial charge on any atom is 0.184 e. The number of hydrogen-bond acceptors (Lipinski definition) is 5. The van der Waals surface area contributed by atoms with Crippen LogP contribution < -0.4 is 0 Å². The predicted molar refractivity (Wildman–Crippen MR) is 141 cm³/mol. The minimum absolute atomic E-state index is 0.0979. The third kappa shape index (κ3) is 5.72. The van der Waals surface area contributed by atoms with E-state index in [-0.39, 0.29) is 35.7 Å². The van der Waals surface area contributed by atoms with Crippen LogP contribution in [0.3, 0.4) is 0 Å². The summed E-state index contributed by atoms with van der Waals surface area (Å²) < 4.78 is 0. The molecule has 0 aromatic rings. The van der Waals surface area contributed by atoms with E-state index in [2.05, 4.69) is 13.8 Å². The Morgan fingerprint density at radius 2 is 1.57 bits per heavy atom. The van der Waals surface area contributed by atoms with E-state index in [0.717, 1.165) is 16.7 Å². The van der Waals surface area contributed by atoms with Crippen LogP contribution in [-0.4, -0.2) is 32.5 Å². The number of aliphatic hydroxyl groups is 3. The Morgan fingerprint density at radius 3 is 2.00 bits per heavy atom. The summed E-state index contributed by atoms with van der Waals surface area (Å²) >= 11 is 0. The Labute approximate surface area is 211 Å². The molecule has 0 aromatic carbocycles. The normalized spacial score (nSPS) is 24.6. The fraction of sp³-hybridized carbons (Fsp3) is 0.600. The number of allylic oxidation sites excluding steroid dienone is 8. The predicted octanol–water partition coefficient (Wildman–Crippen LogP) is 6.86. The molecular formula is C30H44O5.